The van der Waals surface area contributed by atoms with Gasteiger partial charge in [0.2, 0.25) is 0 Å². The molecule has 0 spiro atoms. The highest BCUT2D eigenvalue weighted by Crippen LogP contribution is 2.36. The Morgan fingerprint density at radius 2 is 2.00 bits per heavy atom. The smallest absolute Gasteiger partial charge is 0.179 e. The van der Waals surface area contributed by atoms with Crippen LogP contribution < -0.4 is 14.8 Å². The zero-order valence-electron chi connectivity index (χ0n) is 12.1. The van der Waals surface area contributed by atoms with Gasteiger partial charge in [0.25, 0.3) is 0 Å². The van der Waals surface area contributed by atoms with E-state index < -0.39 is 0 Å². The molecule has 1 N–H and O–H groups in total. The Labute approximate surface area is 121 Å². The Morgan fingerprint density at radius 3 is 2.63 bits per heavy atom. The van der Waals surface area contributed by atoms with E-state index in [0.29, 0.717) is 23.1 Å². The Kier molecular flexibility index (Phi) is 7.68. The van der Waals surface area contributed by atoms with Crippen molar-refractivity contribution in [1.82, 2.24) is 5.32 Å². The number of methoxy groups -OCH3 is 1. The van der Waals surface area contributed by atoms with Crippen molar-refractivity contribution in [1.29, 1.82) is 0 Å². The third-order valence-corrected chi connectivity index (χ3v) is 3.14. The molecule has 0 heterocycles. The molecule has 3 nitrogen and oxygen atoms in total. The Morgan fingerprint density at radius 1 is 1.21 bits per heavy atom. The summed E-state index contributed by atoms with van der Waals surface area (Å²) in [6.07, 6.45) is 3.71. The molecule has 0 aliphatic heterocycles. The molecule has 0 saturated carbocycles. The molecule has 0 saturated heterocycles. The molecule has 1 rings (SSSR count). The van der Waals surface area contributed by atoms with Gasteiger partial charge in [-0.05, 0) is 37.6 Å². The van der Waals surface area contributed by atoms with E-state index in [1.807, 2.05) is 19.1 Å². The molecule has 0 unspecified atom stereocenters. The van der Waals surface area contributed by atoms with E-state index in [1.165, 1.54) is 19.3 Å². The summed E-state index contributed by atoms with van der Waals surface area (Å²) in [5.74, 6) is 1.32. The number of nitrogens with one attached hydrogen (secondary N) is 1. The number of hydrogen-bond donors (Lipinski definition) is 1. The van der Waals surface area contributed by atoms with E-state index >= 15 is 0 Å². The van der Waals surface area contributed by atoms with Gasteiger partial charge in [0.05, 0.1) is 18.7 Å². The maximum absolute atomic E-state index is 6.20. The largest absolute Gasteiger partial charge is 0.491 e. The van der Waals surface area contributed by atoms with Crippen LogP contribution in [-0.2, 0) is 6.54 Å². The lowest BCUT2D eigenvalue weighted by atomic mass is 10.2. The van der Waals surface area contributed by atoms with Gasteiger partial charge in [0.1, 0.15) is 0 Å². The van der Waals surface area contributed by atoms with Gasteiger partial charge in [-0.1, -0.05) is 31.4 Å². The van der Waals surface area contributed by atoms with Gasteiger partial charge in [-0.25, -0.2) is 0 Å². The number of rotatable bonds is 9. The second-order valence-corrected chi connectivity index (χ2v) is 4.83. The van der Waals surface area contributed by atoms with Crippen LogP contribution in [0.5, 0.6) is 11.5 Å². The summed E-state index contributed by atoms with van der Waals surface area (Å²) in [7, 11) is 1.60. The molecule has 0 amide bonds. The summed E-state index contributed by atoms with van der Waals surface area (Å²) in [4.78, 5) is 0. The molecule has 0 aromatic heterocycles. The van der Waals surface area contributed by atoms with Crippen LogP contribution in [0, 0.1) is 0 Å². The quantitative estimate of drug-likeness (QED) is 0.695. The monoisotopic (exact) mass is 285 g/mol. The first-order valence-electron chi connectivity index (χ1n) is 6.92. The van der Waals surface area contributed by atoms with Gasteiger partial charge < -0.3 is 14.8 Å². The van der Waals surface area contributed by atoms with Crippen LogP contribution in [0.15, 0.2) is 12.1 Å². The van der Waals surface area contributed by atoms with Crippen molar-refractivity contribution < 1.29 is 9.47 Å². The van der Waals surface area contributed by atoms with Crippen molar-refractivity contribution in [3.8, 4) is 11.5 Å². The summed E-state index contributed by atoms with van der Waals surface area (Å²) in [5, 5.41) is 4.01. The second-order valence-electron chi connectivity index (χ2n) is 4.43. The first-order chi connectivity index (χ1) is 9.22. The van der Waals surface area contributed by atoms with Crippen LogP contribution >= 0.6 is 11.6 Å². The van der Waals surface area contributed by atoms with Gasteiger partial charge in [0, 0.05) is 6.54 Å². The lowest BCUT2D eigenvalue weighted by Gasteiger charge is -2.13. The number of benzene rings is 1. The third-order valence-electron chi connectivity index (χ3n) is 2.86. The van der Waals surface area contributed by atoms with Crippen molar-refractivity contribution in [3.63, 3.8) is 0 Å². The second kappa shape index (κ2) is 9.05. The fraction of sp³-hybridized carbons (Fsp3) is 0.600. The van der Waals surface area contributed by atoms with Crippen LogP contribution in [-0.4, -0.2) is 20.3 Å². The Balaban J connectivity index is 2.63. The molecule has 4 heteroatoms. The fourth-order valence-corrected chi connectivity index (χ4v) is 2.23. The number of halogens is 1. The molecule has 19 heavy (non-hydrogen) atoms. The van der Waals surface area contributed by atoms with Crippen molar-refractivity contribution in [3.05, 3.63) is 22.7 Å². The minimum Gasteiger partial charge on any atom is -0.491 e. The summed E-state index contributed by atoms with van der Waals surface area (Å²) < 4.78 is 10.8. The first-order valence-corrected chi connectivity index (χ1v) is 7.30. The lowest BCUT2D eigenvalue weighted by Crippen LogP contribution is -2.14. The molecule has 0 atom stereocenters. The molecule has 108 valence electrons. The summed E-state index contributed by atoms with van der Waals surface area (Å²) in [5.41, 5.74) is 1.12. The Bertz CT molecular complexity index is 383. The van der Waals surface area contributed by atoms with Crippen molar-refractivity contribution in [2.75, 3.05) is 20.3 Å². The minimum atomic E-state index is 0.596. The summed E-state index contributed by atoms with van der Waals surface area (Å²) in [6, 6.07) is 3.91. The van der Waals surface area contributed by atoms with Crippen LogP contribution in [0.2, 0.25) is 5.02 Å². The van der Waals surface area contributed by atoms with E-state index in [1.54, 1.807) is 7.11 Å². The molecule has 0 fully saturated rings. The zero-order chi connectivity index (χ0) is 14.1. The maximum atomic E-state index is 6.20. The average Bonchev–Trinajstić information content (AvgIpc) is 2.39. The predicted molar refractivity (Wildman–Crippen MR) is 80.4 cm³/mol. The highest BCUT2D eigenvalue weighted by Gasteiger charge is 2.11. The van der Waals surface area contributed by atoms with E-state index in [-0.39, 0.29) is 0 Å². The molecule has 0 aliphatic carbocycles. The van der Waals surface area contributed by atoms with Crippen LogP contribution in [0.3, 0.4) is 0 Å². The highest BCUT2D eigenvalue weighted by molar-refractivity contribution is 6.32. The van der Waals surface area contributed by atoms with Crippen LogP contribution in [0.4, 0.5) is 0 Å². The summed E-state index contributed by atoms with van der Waals surface area (Å²) in [6.45, 7) is 6.58. The molecule has 1 aromatic rings. The molecule has 0 aliphatic rings. The van der Waals surface area contributed by atoms with Crippen molar-refractivity contribution in [2.24, 2.45) is 0 Å². The van der Waals surface area contributed by atoms with Gasteiger partial charge in [-0.15, -0.1) is 0 Å². The SMILES string of the molecule is CCCCCNCc1cc(Cl)c(OC)c(OCC)c1. The van der Waals surface area contributed by atoms with Gasteiger partial charge in [-0.2, -0.15) is 0 Å². The Hall–Kier alpha value is -0.930. The molecular weight excluding hydrogens is 262 g/mol. The number of hydrogen-bond acceptors (Lipinski definition) is 3. The topological polar surface area (TPSA) is 30.5 Å². The average molecular weight is 286 g/mol. The minimum absolute atomic E-state index is 0.596. The molecule has 0 bridgehead atoms. The van der Waals surface area contributed by atoms with Gasteiger partial charge >= 0.3 is 0 Å². The molecule has 0 radical (unpaired) electrons. The lowest BCUT2D eigenvalue weighted by molar-refractivity contribution is 0.310. The predicted octanol–water partition coefficient (Wildman–Crippen LogP) is 4.03. The van der Waals surface area contributed by atoms with Crippen LogP contribution in [0.25, 0.3) is 0 Å². The first kappa shape index (κ1) is 16.1. The maximum Gasteiger partial charge on any atom is 0.179 e. The van der Waals surface area contributed by atoms with E-state index in [2.05, 4.69) is 12.2 Å². The molecule has 1 aromatic carbocycles. The van der Waals surface area contributed by atoms with Gasteiger partial charge in [0.15, 0.2) is 11.5 Å². The van der Waals surface area contributed by atoms with Crippen LogP contribution in [0.1, 0.15) is 38.7 Å². The van der Waals surface area contributed by atoms with E-state index in [0.717, 1.165) is 18.7 Å². The van der Waals surface area contributed by atoms with Gasteiger partial charge in [-0.3, -0.25) is 0 Å². The normalized spacial score (nSPS) is 10.5. The number of ether oxygens (including phenoxy) is 2. The third kappa shape index (κ3) is 5.29. The summed E-state index contributed by atoms with van der Waals surface area (Å²) >= 11 is 6.20. The van der Waals surface area contributed by atoms with E-state index in [9.17, 15) is 0 Å². The van der Waals surface area contributed by atoms with Crippen molar-refractivity contribution >= 4 is 11.6 Å². The zero-order valence-corrected chi connectivity index (χ0v) is 12.8. The molecular formula is C15H24ClNO2. The fourth-order valence-electron chi connectivity index (χ4n) is 1.92. The number of unbranched alkanes of at least 4 members (excludes halogenated alkanes) is 2. The highest BCUT2D eigenvalue weighted by atomic mass is 35.5. The van der Waals surface area contributed by atoms with Crippen molar-refractivity contribution in [2.45, 2.75) is 39.7 Å². The standard InChI is InChI=1S/C15H24ClNO2/c1-4-6-7-8-17-11-12-9-13(16)15(18-3)14(10-12)19-5-2/h9-10,17H,4-8,11H2,1-3H3. The van der Waals surface area contributed by atoms with E-state index in [4.69, 9.17) is 21.1 Å².